The summed E-state index contributed by atoms with van der Waals surface area (Å²) in [6.07, 6.45) is 0. The highest BCUT2D eigenvalue weighted by molar-refractivity contribution is 5.74. The van der Waals surface area contributed by atoms with Gasteiger partial charge in [0.25, 0.3) is 0 Å². The van der Waals surface area contributed by atoms with Crippen molar-refractivity contribution in [1.82, 2.24) is 9.78 Å². The van der Waals surface area contributed by atoms with E-state index in [9.17, 15) is 10.1 Å². The maximum Gasteiger partial charge on any atom is 0.311 e. The number of benzene rings is 1. The van der Waals surface area contributed by atoms with Crippen LogP contribution in [0.15, 0.2) is 24.3 Å². The summed E-state index contributed by atoms with van der Waals surface area (Å²) in [6, 6.07) is 6.22. The number of nitrogens with zero attached hydrogens (tertiary/aromatic N) is 3. The number of rotatable bonds is 6. The second kappa shape index (κ2) is 6.23. The lowest BCUT2D eigenvalue weighted by atomic mass is 10.1. The number of aliphatic hydroxyl groups excluding tert-OH is 1. The van der Waals surface area contributed by atoms with Crippen LogP contribution in [0, 0.1) is 10.1 Å². The van der Waals surface area contributed by atoms with Gasteiger partial charge in [-0.3, -0.25) is 10.1 Å². The Bertz CT molecular complexity index is 654. The van der Waals surface area contributed by atoms with Gasteiger partial charge in [0, 0.05) is 12.1 Å². The molecule has 0 aliphatic carbocycles. The van der Waals surface area contributed by atoms with E-state index >= 15 is 0 Å². The minimum atomic E-state index is -0.497. The van der Waals surface area contributed by atoms with Crippen molar-refractivity contribution in [1.29, 1.82) is 0 Å². The summed E-state index contributed by atoms with van der Waals surface area (Å²) in [5.74, 6) is 0.534. The molecule has 0 spiro atoms. The molecule has 0 unspecified atom stereocenters. The maximum absolute atomic E-state index is 11.1. The van der Waals surface area contributed by atoms with Crippen molar-refractivity contribution in [3.05, 3.63) is 34.4 Å². The average molecular weight is 292 g/mol. The van der Waals surface area contributed by atoms with E-state index in [1.165, 1.54) is 10.7 Å². The predicted molar refractivity (Wildman–Crippen MR) is 77.0 cm³/mol. The maximum atomic E-state index is 11.1. The summed E-state index contributed by atoms with van der Waals surface area (Å²) >= 11 is 0. The molecule has 0 radical (unpaired) electrons. The van der Waals surface area contributed by atoms with Gasteiger partial charge in [0.1, 0.15) is 5.82 Å². The van der Waals surface area contributed by atoms with E-state index in [1.54, 1.807) is 25.1 Å². The zero-order valence-corrected chi connectivity index (χ0v) is 11.5. The minimum absolute atomic E-state index is 0.0986. The quantitative estimate of drug-likeness (QED) is 0.614. The molecule has 0 aliphatic rings. The zero-order valence-electron chi connectivity index (χ0n) is 11.5. The molecule has 8 nitrogen and oxygen atoms in total. The summed E-state index contributed by atoms with van der Waals surface area (Å²) in [4.78, 5) is 10.6. The first-order valence-electron chi connectivity index (χ1n) is 6.43. The first kappa shape index (κ1) is 14.8. The van der Waals surface area contributed by atoms with E-state index in [4.69, 9.17) is 15.6 Å². The van der Waals surface area contributed by atoms with Crippen molar-refractivity contribution in [3.63, 3.8) is 0 Å². The standard InChI is InChI=1S/C13H16N4O4/c1-2-21-13-9(4-3-5-11(13)17(19)20)10-8-12(14)16(15-10)6-7-18/h3-5,8,18H,2,6-7,14H2,1H3. The average Bonchev–Trinajstić information content (AvgIpc) is 2.81. The van der Waals surface area contributed by atoms with Crippen molar-refractivity contribution >= 4 is 11.5 Å². The summed E-state index contributed by atoms with van der Waals surface area (Å²) < 4.78 is 6.85. The lowest BCUT2D eigenvalue weighted by Gasteiger charge is -2.08. The number of hydrogen-bond acceptors (Lipinski definition) is 6. The van der Waals surface area contributed by atoms with Crippen LogP contribution in [0.25, 0.3) is 11.3 Å². The molecule has 0 bridgehead atoms. The highest BCUT2D eigenvalue weighted by Crippen LogP contribution is 2.37. The number of para-hydroxylation sites is 1. The molecule has 0 saturated carbocycles. The topological polar surface area (TPSA) is 116 Å². The molecule has 3 N–H and O–H groups in total. The Morgan fingerprint density at radius 2 is 2.29 bits per heavy atom. The fourth-order valence-electron chi connectivity index (χ4n) is 2.00. The molecular formula is C13H16N4O4. The first-order chi connectivity index (χ1) is 10.1. The summed E-state index contributed by atoms with van der Waals surface area (Å²) in [7, 11) is 0. The number of aromatic nitrogens is 2. The van der Waals surface area contributed by atoms with E-state index in [-0.39, 0.29) is 24.6 Å². The Morgan fingerprint density at radius 1 is 1.52 bits per heavy atom. The van der Waals surface area contributed by atoms with E-state index in [0.717, 1.165) is 0 Å². The molecule has 21 heavy (non-hydrogen) atoms. The number of nitrogens with two attached hydrogens (primary N) is 1. The predicted octanol–water partition coefficient (Wildman–Crippen LogP) is 1.43. The third-order valence-corrected chi connectivity index (χ3v) is 2.88. The molecule has 2 rings (SSSR count). The molecular weight excluding hydrogens is 276 g/mol. The fourth-order valence-corrected chi connectivity index (χ4v) is 2.00. The zero-order chi connectivity index (χ0) is 15.4. The molecule has 1 aromatic carbocycles. The lowest BCUT2D eigenvalue weighted by molar-refractivity contribution is -0.385. The van der Waals surface area contributed by atoms with Crippen LogP contribution in [0.3, 0.4) is 0 Å². The molecule has 0 aliphatic heterocycles. The Hall–Kier alpha value is -2.61. The van der Waals surface area contributed by atoms with E-state index < -0.39 is 4.92 Å². The second-order valence-corrected chi connectivity index (χ2v) is 4.25. The number of nitro groups is 1. The Morgan fingerprint density at radius 3 is 2.90 bits per heavy atom. The minimum Gasteiger partial charge on any atom is -0.487 e. The van der Waals surface area contributed by atoms with Gasteiger partial charge in [-0.05, 0) is 13.0 Å². The third kappa shape index (κ3) is 2.95. The summed E-state index contributed by atoms with van der Waals surface area (Å²) in [6.45, 7) is 2.20. The molecule has 0 saturated heterocycles. The third-order valence-electron chi connectivity index (χ3n) is 2.88. The monoisotopic (exact) mass is 292 g/mol. The normalized spacial score (nSPS) is 10.6. The largest absolute Gasteiger partial charge is 0.487 e. The van der Waals surface area contributed by atoms with Gasteiger partial charge in [-0.2, -0.15) is 5.10 Å². The summed E-state index contributed by atoms with van der Waals surface area (Å²) in [5.41, 5.74) is 6.64. The second-order valence-electron chi connectivity index (χ2n) is 4.25. The van der Waals surface area contributed by atoms with Crippen molar-refractivity contribution in [3.8, 4) is 17.0 Å². The first-order valence-corrected chi connectivity index (χ1v) is 6.43. The van der Waals surface area contributed by atoms with Gasteiger partial charge in [0.05, 0.1) is 35.9 Å². The van der Waals surface area contributed by atoms with Crippen LogP contribution in [0.5, 0.6) is 5.75 Å². The van der Waals surface area contributed by atoms with Gasteiger partial charge in [0.15, 0.2) is 0 Å². The smallest absolute Gasteiger partial charge is 0.311 e. The number of hydrogen-bond donors (Lipinski definition) is 2. The van der Waals surface area contributed by atoms with Gasteiger partial charge in [-0.1, -0.05) is 6.07 Å². The van der Waals surface area contributed by atoms with E-state index in [1.807, 2.05) is 0 Å². The lowest BCUT2D eigenvalue weighted by Crippen LogP contribution is -2.07. The van der Waals surface area contributed by atoms with Gasteiger partial charge in [-0.15, -0.1) is 0 Å². The Kier molecular flexibility index (Phi) is 4.39. The van der Waals surface area contributed by atoms with Crippen LogP contribution in [0.2, 0.25) is 0 Å². The van der Waals surface area contributed by atoms with Crippen LogP contribution in [-0.4, -0.2) is 33.0 Å². The van der Waals surface area contributed by atoms with Crippen molar-refractivity contribution in [2.24, 2.45) is 0 Å². The van der Waals surface area contributed by atoms with E-state index in [0.29, 0.717) is 23.7 Å². The highest BCUT2D eigenvalue weighted by Gasteiger charge is 2.21. The van der Waals surface area contributed by atoms with Crippen LogP contribution >= 0.6 is 0 Å². The van der Waals surface area contributed by atoms with Crippen LogP contribution in [-0.2, 0) is 6.54 Å². The molecule has 8 heteroatoms. The number of nitrogen functional groups attached to an aromatic ring is 1. The molecule has 0 fully saturated rings. The van der Waals surface area contributed by atoms with Crippen LogP contribution in [0.4, 0.5) is 11.5 Å². The van der Waals surface area contributed by atoms with Crippen molar-refractivity contribution in [2.45, 2.75) is 13.5 Å². The SMILES string of the molecule is CCOc1c(-c2cc(N)n(CCO)n2)cccc1[N+](=O)[O-]. The summed E-state index contributed by atoms with van der Waals surface area (Å²) in [5, 5.41) is 24.3. The van der Waals surface area contributed by atoms with Gasteiger partial charge < -0.3 is 15.6 Å². The number of ether oxygens (including phenoxy) is 1. The van der Waals surface area contributed by atoms with Crippen molar-refractivity contribution in [2.75, 3.05) is 18.9 Å². The van der Waals surface area contributed by atoms with E-state index in [2.05, 4.69) is 5.10 Å². The van der Waals surface area contributed by atoms with Gasteiger partial charge in [-0.25, -0.2) is 4.68 Å². The Labute approximate surface area is 120 Å². The Balaban J connectivity index is 2.54. The van der Waals surface area contributed by atoms with Gasteiger partial charge >= 0.3 is 5.69 Å². The number of aliphatic hydroxyl groups is 1. The molecule has 1 aromatic heterocycles. The number of anilines is 1. The molecule has 112 valence electrons. The molecule has 0 amide bonds. The highest BCUT2D eigenvalue weighted by atomic mass is 16.6. The fraction of sp³-hybridized carbons (Fsp3) is 0.308. The molecule has 1 heterocycles. The van der Waals surface area contributed by atoms with Crippen molar-refractivity contribution < 1.29 is 14.8 Å². The molecule has 0 atom stereocenters. The molecule has 2 aromatic rings. The van der Waals surface area contributed by atoms with Crippen LogP contribution < -0.4 is 10.5 Å². The van der Waals surface area contributed by atoms with Gasteiger partial charge in [0.2, 0.25) is 5.75 Å². The number of nitro benzene ring substituents is 1. The van der Waals surface area contributed by atoms with Crippen LogP contribution in [0.1, 0.15) is 6.92 Å².